The fourth-order valence-corrected chi connectivity index (χ4v) is 3.33. The Morgan fingerprint density at radius 3 is 2.09 bits per heavy atom. The van der Waals surface area contributed by atoms with E-state index in [2.05, 4.69) is 16.0 Å². The quantitative estimate of drug-likeness (QED) is 0.380. The molecule has 0 unspecified atom stereocenters. The summed E-state index contributed by atoms with van der Waals surface area (Å²) < 4.78 is 10.1. The van der Waals surface area contributed by atoms with Crippen LogP contribution in [0.1, 0.15) is 47.1 Å². The standard InChI is InChI=1S/C23H35N3O5S/c1-14(2)18(26-22(29)31-23(4,5)6)20(32)24-15(3)19(27)25-17(21(28)30-7)13-16-11-9-8-10-12-16/h8-12,14-15,17-18H,13H2,1-7H3,(H,24,32)(H,25,27)(H,26,29)/t15-,17-,18-/m0/s1. The molecule has 9 heteroatoms. The van der Waals surface area contributed by atoms with Gasteiger partial charge in [0.05, 0.1) is 18.1 Å². The lowest BCUT2D eigenvalue weighted by Gasteiger charge is -2.28. The number of amides is 2. The maximum Gasteiger partial charge on any atom is 0.408 e. The first kappa shape index (κ1) is 27.4. The van der Waals surface area contributed by atoms with Crippen LogP contribution in [0, 0.1) is 5.92 Å². The van der Waals surface area contributed by atoms with E-state index in [4.69, 9.17) is 21.7 Å². The molecule has 0 bridgehead atoms. The molecular weight excluding hydrogens is 430 g/mol. The lowest BCUT2D eigenvalue weighted by Crippen LogP contribution is -2.56. The van der Waals surface area contributed by atoms with Crippen molar-refractivity contribution in [2.45, 2.75) is 71.7 Å². The van der Waals surface area contributed by atoms with Crippen molar-refractivity contribution in [2.24, 2.45) is 5.92 Å². The van der Waals surface area contributed by atoms with Gasteiger partial charge in [-0.05, 0) is 39.2 Å². The molecule has 0 aliphatic carbocycles. The maximum absolute atomic E-state index is 12.7. The second kappa shape index (κ2) is 12.4. The Morgan fingerprint density at radius 1 is 1.00 bits per heavy atom. The van der Waals surface area contributed by atoms with Crippen LogP contribution < -0.4 is 16.0 Å². The molecule has 0 radical (unpaired) electrons. The first-order valence-electron chi connectivity index (χ1n) is 10.6. The molecular formula is C23H35N3O5S. The summed E-state index contributed by atoms with van der Waals surface area (Å²) in [4.78, 5) is 37.4. The van der Waals surface area contributed by atoms with Crippen LogP contribution in [-0.2, 0) is 25.5 Å². The lowest BCUT2D eigenvalue weighted by atomic mass is 10.0. The van der Waals surface area contributed by atoms with Crippen molar-refractivity contribution in [3.8, 4) is 0 Å². The molecule has 3 N–H and O–H groups in total. The highest BCUT2D eigenvalue weighted by molar-refractivity contribution is 7.80. The highest BCUT2D eigenvalue weighted by Crippen LogP contribution is 2.10. The van der Waals surface area contributed by atoms with Crippen LogP contribution in [0.3, 0.4) is 0 Å². The number of esters is 1. The van der Waals surface area contributed by atoms with Crippen molar-refractivity contribution in [3.63, 3.8) is 0 Å². The largest absolute Gasteiger partial charge is 0.467 e. The average molecular weight is 466 g/mol. The first-order valence-corrected chi connectivity index (χ1v) is 11.0. The van der Waals surface area contributed by atoms with Crippen molar-refractivity contribution in [1.82, 2.24) is 16.0 Å². The van der Waals surface area contributed by atoms with E-state index >= 15 is 0 Å². The number of nitrogens with one attached hydrogen (secondary N) is 3. The minimum Gasteiger partial charge on any atom is -0.467 e. The summed E-state index contributed by atoms with van der Waals surface area (Å²) in [5.74, 6) is -0.999. The number of benzene rings is 1. The fourth-order valence-electron chi connectivity index (χ4n) is 2.82. The molecule has 0 aliphatic rings. The van der Waals surface area contributed by atoms with Crippen molar-refractivity contribution < 1.29 is 23.9 Å². The van der Waals surface area contributed by atoms with E-state index in [0.29, 0.717) is 11.4 Å². The summed E-state index contributed by atoms with van der Waals surface area (Å²) >= 11 is 5.45. The normalized spacial score (nSPS) is 14.0. The molecule has 8 nitrogen and oxygen atoms in total. The van der Waals surface area contributed by atoms with Crippen molar-refractivity contribution in [1.29, 1.82) is 0 Å². The minimum absolute atomic E-state index is 0.0429. The van der Waals surface area contributed by atoms with Gasteiger partial charge in [-0.2, -0.15) is 0 Å². The number of hydrogen-bond donors (Lipinski definition) is 3. The molecule has 0 fully saturated rings. The van der Waals surface area contributed by atoms with Crippen molar-refractivity contribution in [3.05, 3.63) is 35.9 Å². The van der Waals surface area contributed by atoms with Crippen LogP contribution in [0.4, 0.5) is 4.79 Å². The van der Waals surface area contributed by atoms with E-state index in [1.807, 2.05) is 44.2 Å². The van der Waals surface area contributed by atoms with Crippen LogP contribution in [0.25, 0.3) is 0 Å². The van der Waals surface area contributed by atoms with Crippen LogP contribution >= 0.6 is 12.2 Å². The van der Waals surface area contributed by atoms with Crippen LogP contribution in [0.15, 0.2) is 30.3 Å². The molecule has 178 valence electrons. The van der Waals surface area contributed by atoms with E-state index in [1.54, 1.807) is 27.7 Å². The van der Waals surface area contributed by atoms with Crippen LogP contribution in [0.2, 0.25) is 0 Å². The zero-order valence-electron chi connectivity index (χ0n) is 19.9. The number of alkyl carbamates (subject to hydrolysis) is 1. The molecule has 0 saturated carbocycles. The Balaban J connectivity index is 2.78. The van der Waals surface area contributed by atoms with Gasteiger partial charge in [-0.3, -0.25) is 4.79 Å². The summed E-state index contributed by atoms with van der Waals surface area (Å²) in [5.41, 5.74) is 0.246. The second-order valence-electron chi connectivity index (χ2n) is 8.87. The molecule has 3 atom stereocenters. The van der Waals surface area contributed by atoms with Gasteiger partial charge >= 0.3 is 12.1 Å². The smallest absolute Gasteiger partial charge is 0.408 e. The number of thiocarbonyl (C=S) groups is 1. The summed E-state index contributed by atoms with van der Waals surface area (Å²) in [6, 6.07) is 7.22. The molecule has 0 heterocycles. The number of carbonyl (C=O) groups excluding carboxylic acids is 3. The number of carbonyl (C=O) groups is 3. The molecule has 0 aliphatic heterocycles. The van der Waals surface area contributed by atoms with Gasteiger partial charge in [0.2, 0.25) is 5.91 Å². The number of methoxy groups -OCH3 is 1. The predicted octanol–water partition coefficient (Wildman–Crippen LogP) is 2.74. The highest BCUT2D eigenvalue weighted by Gasteiger charge is 2.28. The third kappa shape index (κ3) is 9.64. The molecule has 2 amide bonds. The van der Waals surface area contributed by atoms with E-state index < -0.39 is 41.7 Å². The Bertz CT molecular complexity index is 793. The topological polar surface area (TPSA) is 106 Å². The first-order chi connectivity index (χ1) is 14.8. The fraction of sp³-hybridized carbons (Fsp3) is 0.565. The number of hydrogen-bond acceptors (Lipinski definition) is 6. The zero-order chi connectivity index (χ0) is 24.5. The highest BCUT2D eigenvalue weighted by atomic mass is 32.1. The molecule has 32 heavy (non-hydrogen) atoms. The van der Waals surface area contributed by atoms with Crippen molar-refractivity contribution in [2.75, 3.05) is 7.11 Å². The predicted molar refractivity (Wildman–Crippen MR) is 127 cm³/mol. The number of ether oxygens (including phenoxy) is 2. The Labute approximate surface area is 195 Å². The molecule has 1 aromatic carbocycles. The third-order valence-electron chi connectivity index (χ3n) is 4.46. The van der Waals surface area contributed by atoms with Gasteiger partial charge in [-0.25, -0.2) is 9.59 Å². The zero-order valence-corrected chi connectivity index (χ0v) is 20.7. The molecule has 1 rings (SSSR count). The van der Waals surface area contributed by atoms with Gasteiger partial charge in [0.25, 0.3) is 0 Å². The van der Waals surface area contributed by atoms with E-state index in [1.165, 1.54) is 7.11 Å². The van der Waals surface area contributed by atoms with Gasteiger partial charge in [-0.1, -0.05) is 56.4 Å². The summed E-state index contributed by atoms with van der Waals surface area (Å²) in [5, 5.41) is 8.41. The van der Waals surface area contributed by atoms with E-state index in [-0.39, 0.29) is 5.92 Å². The SMILES string of the molecule is COC(=O)[C@H](Cc1ccccc1)NC(=O)[C@H](C)NC(=S)[C@@H](NC(=O)OC(C)(C)C)C(C)C. The third-order valence-corrected chi connectivity index (χ3v) is 4.83. The molecule has 0 spiro atoms. The number of rotatable bonds is 9. The summed E-state index contributed by atoms with van der Waals surface area (Å²) in [6.07, 6.45) is -0.295. The Kier molecular flexibility index (Phi) is 10.6. The Morgan fingerprint density at radius 2 is 1.59 bits per heavy atom. The van der Waals surface area contributed by atoms with Gasteiger partial charge in [0.1, 0.15) is 17.7 Å². The second-order valence-corrected chi connectivity index (χ2v) is 9.31. The molecule has 0 aromatic heterocycles. The maximum atomic E-state index is 12.7. The van der Waals surface area contributed by atoms with Crippen LogP contribution in [0.5, 0.6) is 0 Å². The van der Waals surface area contributed by atoms with Gasteiger partial charge in [0.15, 0.2) is 0 Å². The minimum atomic E-state index is -0.839. The van der Waals surface area contributed by atoms with Crippen molar-refractivity contribution >= 4 is 35.2 Å². The molecule has 0 saturated heterocycles. The summed E-state index contributed by atoms with van der Waals surface area (Å²) in [6.45, 7) is 10.7. The average Bonchev–Trinajstić information content (AvgIpc) is 2.69. The van der Waals surface area contributed by atoms with Crippen LogP contribution in [-0.4, -0.2) is 53.8 Å². The lowest BCUT2D eigenvalue weighted by molar-refractivity contribution is -0.145. The van der Waals surface area contributed by atoms with E-state index in [0.717, 1.165) is 5.56 Å². The van der Waals surface area contributed by atoms with Gasteiger partial charge < -0.3 is 25.4 Å². The van der Waals surface area contributed by atoms with E-state index in [9.17, 15) is 14.4 Å². The molecule has 1 aromatic rings. The van der Waals surface area contributed by atoms with Gasteiger partial charge in [-0.15, -0.1) is 0 Å². The Hall–Kier alpha value is -2.68. The monoisotopic (exact) mass is 465 g/mol. The van der Waals surface area contributed by atoms with Gasteiger partial charge in [0, 0.05) is 6.42 Å². The summed E-state index contributed by atoms with van der Waals surface area (Å²) in [7, 11) is 1.28.